The van der Waals surface area contributed by atoms with Gasteiger partial charge in [0.1, 0.15) is 11.6 Å². The fraction of sp³-hybridized carbons (Fsp3) is 0.279. The van der Waals surface area contributed by atoms with E-state index in [2.05, 4.69) is 72.9 Å². The van der Waals surface area contributed by atoms with Gasteiger partial charge >= 0.3 is 0 Å². The minimum absolute atomic E-state index is 0.0553. The Labute approximate surface area is 450 Å². The smallest absolute Gasteiger partial charge is 0.264 e. The zero-order valence-corrected chi connectivity index (χ0v) is 44.4. The van der Waals surface area contributed by atoms with Crippen LogP contribution < -0.4 is 33.2 Å². The third-order valence-corrected chi connectivity index (χ3v) is 13.3. The lowest BCUT2D eigenvalue weighted by Crippen LogP contribution is -2.26. The monoisotopic (exact) mass is 1030 g/mol. The molecule has 0 saturated heterocycles. The highest BCUT2D eigenvalue weighted by Gasteiger charge is 2.26. The predicted octanol–water partition coefficient (Wildman–Crippen LogP) is 14.0. The van der Waals surface area contributed by atoms with Gasteiger partial charge < -0.3 is 22.1 Å². The second kappa shape index (κ2) is 26.8. The maximum absolute atomic E-state index is 13.6. The first-order chi connectivity index (χ1) is 36.8. The fourth-order valence-electron chi connectivity index (χ4n) is 9.02. The first-order valence-corrected chi connectivity index (χ1v) is 25.8. The summed E-state index contributed by atoms with van der Waals surface area (Å²) in [5.41, 5.74) is 15.0. The van der Waals surface area contributed by atoms with Crippen LogP contribution in [0.15, 0.2) is 131 Å². The summed E-state index contributed by atoms with van der Waals surface area (Å²) in [6.07, 6.45) is 25.5. The first kappa shape index (κ1) is 56.3. The molecule has 0 aliphatic heterocycles. The van der Waals surface area contributed by atoms with E-state index in [4.69, 9.17) is 49.1 Å². The van der Waals surface area contributed by atoms with Gasteiger partial charge in [-0.3, -0.25) is 18.7 Å². The van der Waals surface area contributed by atoms with E-state index in [1.165, 1.54) is 70.2 Å². The summed E-state index contributed by atoms with van der Waals surface area (Å²) >= 11 is 6.35. The van der Waals surface area contributed by atoms with Crippen LogP contribution in [0.1, 0.15) is 121 Å². The number of fused-ring (bicyclic) bond motifs is 2. The molecular formula is C61H63ClN12O2. The number of nitrogens with one attached hydrogen (secondary N) is 2. The fourth-order valence-corrected chi connectivity index (χ4v) is 9.28. The van der Waals surface area contributed by atoms with Crippen molar-refractivity contribution in [2.24, 2.45) is 5.41 Å². The van der Waals surface area contributed by atoms with Gasteiger partial charge in [-0.2, -0.15) is 0 Å². The van der Waals surface area contributed by atoms with Crippen molar-refractivity contribution in [2.75, 3.05) is 22.1 Å². The van der Waals surface area contributed by atoms with Gasteiger partial charge in [-0.15, -0.1) is 12.8 Å². The molecule has 0 bridgehead atoms. The molecule has 386 valence electrons. The lowest BCUT2D eigenvalue weighted by molar-refractivity contribution is 0.287. The summed E-state index contributed by atoms with van der Waals surface area (Å²) in [6.45, 7) is 25.2. The van der Waals surface area contributed by atoms with E-state index in [1.807, 2.05) is 105 Å². The number of nitrogens with two attached hydrogens (primary N) is 2. The van der Waals surface area contributed by atoms with Crippen LogP contribution in [0.25, 0.3) is 42.6 Å². The molecule has 4 aromatic heterocycles. The maximum atomic E-state index is 13.6. The molecule has 0 spiro atoms. The molecule has 8 aromatic rings. The molecule has 0 radical (unpaired) electrons. The van der Waals surface area contributed by atoms with E-state index >= 15 is 0 Å². The van der Waals surface area contributed by atoms with Gasteiger partial charge in [0.2, 0.25) is 23.3 Å². The van der Waals surface area contributed by atoms with E-state index in [9.17, 15) is 9.59 Å². The Morgan fingerprint density at radius 2 is 1.07 bits per heavy atom. The number of para-hydroxylation sites is 2. The minimum atomic E-state index is -0.387. The lowest BCUT2D eigenvalue weighted by Gasteiger charge is -2.28. The Hall–Kier alpha value is -8.95. The van der Waals surface area contributed by atoms with Crippen molar-refractivity contribution >= 4 is 68.1 Å². The number of aromatic nitrogens is 6. The minimum Gasteiger partial charge on any atom is -0.371 e. The molecule has 4 heterocycles. The van der Waals surface area contributed by atoms with Gasteiger partial charge in [0.05, 0.1) is 41.0 Å². The quantitative estimate of drug-likeness (QED) is 0.0506. The van der Waals surface area contributed by atoms with E-state index in [0.717, 1.165) is 10.8 Å². The molecule has 8 rings (SSSR count). The van der Waals surface area contributed by atoms with Crippen molar-refractivity contribution in [3.05, 3.63) is 187 Å². The highest BCUT2D eigenvalue weighted by atomic mass is 35.5. The van der Waals surface area contributed by atoms with Crippen molar-refractivity contribution < 1.29 is 0 Å². The summed E-state index contributed by atoms with van der Waals surface area (Å²) in [6, 6.07) is 32.5. The average Bonchev–Trinajstić information content (AvgIpc) is 3.45. The van der Waals surface area contributed by atoms with Crippen LogP contribution in [-0.2, 0) is 0 Å². The molecule has 0 fully saturated rings. The van der Waals surface area contributed by atoms with Gasteiger partial charge in [-0.25, -0.2) is 29.6 Å². The molecule has 0 unspecified atom stereocenters. The number of hydrogen-bond donors (Lipinski definition) is 4. The van der Waals surface area contributed by atoms with Crippen LogP contribution in [-0.4, -0.2) is 29.1 Å². The number of anilines is 4. The number of halogens is 1. The Balaban J connectivity index is 0.000000197. The van der Waals surface area contributed by atoms with E-state index in [1.54, 1.807) is 27.3 Å². The molecule has 76 heavy (non-hydrogen) atoms. The topological polar surface area (TPSA) is 180 Å². The second-order valence-electron chi connectivity index (χ2n) is 18.3. The lowest BCUT2D eigenvalue weighted by atomic mass is 9.75. The highest BCUT2D eigenvalue weighted by molar-refractivity contribution is 6.35. The zero-order valence-electron chi connectivity index (χ0n) is 43.6. The first-order valence-electron chi connectivity index (χ1n) is 25.4. The van der Waals surface area contributed by atoms with Crippen molar-refractivity contribution in [3.63, 3.8) is 0 Å². The van der Waals surface area contributed by atoms with Crippen LogP contribution >= 0.6 is 11.6 Å². The Morgan fingerprint density at radius 3 is 1.47 bits per heavy atom. The van der Waals surface area contributed by atoms with Crippen LogP contribution in [0.3, 0.4) is 0 Å². The van der Waals surface area contributed by atoms with Crippen molar-refractivity contribution in [2.45, 2.75) is 104 Å². The van der Waals surface area contributed by atoms with E-state index in [0.29, 0.717) is 55.8 Å². The Morgan fingerprint density at radius 1 is 0.645 bits per heavy atom. The molecule has 2 atom stereocenters. The van der Waals surface area contributed by atoms with Gasteiger partial charge in [0, 0.05) is 46.1 Å². The molecule has 4 aromatic carbocycles. The normalized spacial score (nSPS) is 11.6. The average molecular weight is 1030 g/mol. The van der Waals surface area contributed by atoms with E-state index < -0.39 is 0 Å². The number of rotatable bonds is 17. The summed E-state index contributed by atoms with van der Waals surface area (Å²) in [5.74, 6) is 6.45. The number of hydrogen-bond acceptors (Lipinski definition) is 10. The van der Waals surface area contributed by atoms with Gasteiger partial charge in [-0.05, 0) is 92.4 Å². The standard InChI is InChI=1S/C24H18N6O.C22H17ClN6O.C15H28/c1-4-16-9-8-10-17-13-20(15(2)28-22-19(26-3)14-27-24(25)29-22)30(23(31)21(16)17)18-11-6-5-7-12-18;1-13(27-20-17(25-2)12-26-22(24)28-20)18-11-14-7-6-10-16(23)19(14)21(30)29(18)15-8-4-3-5-9-15;1-5-9-12-15(8-4,13-10-6-2)14-11-7-3/h1,5-15H,2H3,(H3,25,27,28,29);3-13H,1H3,(H3,24,26,27,28);4H,5-7,9-14H2,1-3H3/t15-;13-;/m00./s1. The Bertz CT molecular complexity index is 3570. The third-order valence-electron chi connectivity index (χ3n) is 13.0. The van der Waals surface area contributed by atoms with Crippen LogP contribution in [0.5, 0.6) is 0 Å². The van der Waals surface area contributed by atoms with Crippen LogP contribution in [0, 0.1) is 43.2 Å². The number of nitrogens with zero attached hydrogens (tertiary/aromatic N) is 8. The second-order valence-corrected chi connectivity index (χ2v) is 18.7. The molecule has 0 aliphatic carbocycles. The van der Waals surface area contributed by atoms with Crippen molar-refractivity contribution in [1.82, 2.24) is 29.1 Å². The zero-order chi connectivity index (χ0) is 54.8. The highest BCUT2D eigenvalue weighted by Crippen LogP contribution is 2.36. The molecule has 0 amide bonds. The van der Waals surface area contributed by atoms with Crippen molar-refractivity contribution in [3.8, 4) is 36.1 Å². The van der Waals surface area contributed by atoms with Crippen molar-refractivity contribution in [1.29, 1.82) is 0 Å². The largest absolute Gasteiger partial charge is 0.371 e. The molecular weight excluding hydrogens is 968 g/mol. The Kier molecular flexibility index (Phi) is 19.9. The number of benzene rings is 4. The van der Waals surface area contributed by atoms with Crippen LogP contribution in [0.2, 0.25) is 5.02 Å². The predicted molar refractivity (Wildman–Crippen MR) is 311 cm³/mol. The molecule has 6 N–H and O–H groups in total. The van der Waals surface area contributed by atoms with Gasteiger partial charge in [-0.1, -0.05) is 143 Å². The summed E-state index contributed by atoms with van der Waals surface area (Å²) in [4.78, 5) is 50.0. The molecule has 15 heteroatoms. The maximum Gasteiger partial charge on any atom is 0.264 e. The number of terminal acetylenes is 2. The number of unbranched alkanes of at least 4 members (excludes halogenated alkanes) is 3. The van der Waals surface area contributed by atoms with Crippen LogP contribution in [0.4, 0.5) is 34.9 Å². The summed E-state index contributed by atoms with van der Waals surface area (Å²) in [7, 11) is 0. The SMILES string of the molecule is C#CC(CCCC)(CCCC)CCCC.[C-]#[N+]c1cnc(N)nc1N[C@@H](C)c1cc2cccc(C#C)c2c(=O)n1-c1ccccc1.[C-]#[N+]c1cnc(N)nc1N[C@@H](C)c1cc2cccc(Cl)c2c(=O)n1-c1ccccc1. The summed E-state index contributed by atoms with van der Waals surface area (Å²) < 4.78 is 3.25. The van der Waals surface area contributed by atoms with Gasteiger partial charge in [0.15, 0.2) is 0 Å². The third kappa shape index (κ3) is 13.4. The summed E-state index contributed by atoms with van der Waals surface area (Å²) in [5, 5.41) is 9.21. The van der Waals surface area contributed by atoms with E-state index in [-0.39, 0.29) is 51.9 Å². The molecule has 0 saturated carbocycles. The van der Waals surface area contributed by atoms with Gasteiger partial charge in [0.25, 0.3) is 11.1 Å². The molecule has 14 nitrogen and oxygen atoms in total. The molecule has 0 aliphatic rings. The number of nitrogen functional groups attached to an aromatic ring is 2. The number of pyridine rings is 2.